The Bertz CT molecular complexity index is 1570. The van der Waals surface area contributed by atoms with Crippen molar-refractivity contribution in [2.75, 3.05) is 13.2 Å². The average molecular weight is 560 g/mol. The Labute approximate surface area is 225 Å². The summed E-state index contributed by atoms with van der Waals surface area (Å²) in [6.07, 6.45) is -2.90. The predicted octanol–water partition coefficient (Wildman–Crippen LogP) is 3.45. The number of hydrogen-bond donors (Lipinski definition) is 3. The van der Waals surface area contributed by atoms with Gasteiger partial charge in [0, 0.05) is 23.5 Å². The summed E-state index contributed by atoms with van der Waals surface area (Å²) >= 11 is 0. The number of nitrogens with one attached hydrogen (secondary N) is 1. The molecule has 0 aliphatic rings. The van der Waals surface area contributed by atoms with Crippen LogP contribution in [-0.2, 0) is 16.8 Å². The highest BCUT2D eigenvalue weighted by molar-refractivity contribution is 5.93. The normalized spacial score (nSPS) is 13.2. The van der Waals surface area contributed by atoms with E-state index in [2.05, 4.69) is 15.3 Å². The van der Waals surface area contributed by atoms with Crippen molar-refractivity contribution in [3.8, 4) is 17.0 Å². The maximum absolute atomic E-state index is 14.5. The van der Waals surface area contributed by atoms with Crippen LogP contribution in [-0.4, -0.2) is 50.6 Å². The highest BCUT2D eigenvalue weighted by Gasteiger charge is 2.56. The van der Waals surface area contributed by atoms with E-state index in [-0.39, 0.29) is 34.9 Å². The summed E-state index contributed by atoms with van der Waals surface area (Å²) in [5.41, 5.74) is 1.70. The molecule has 0 aliphatic carbocycles. The maximum atomic E-state index is 14.5. The first-order valence-electron chi connectivity index (χ1n) is 12.1. The van der Waals surface area contributed by atoms with E-state index >= 15 is 0 Å². The molecule has 9 nitrogen and oxygen atoms in total. The van der Waals surface area contributed by atoms with E-state index in [1.165, 1.54) is 22.7 Å². The van der Waals surface area contributed by atoms with E-state index in [0.717, 1.165) is 23.8 Å². The molecule has 40 heavy (non-hydrogen) atoms. The van der Waals surface area contributed by atoms with E-state index in [1.54, 1.807) is 25.3 Å². The zero-order valence-electron chi connectivity index (χ0n) is 21.4. The van der Waals surface area contributed by atoms with E-state index in [1.807, 2.05) is 6.92 Å². The van der Waals surface area contributed by atoms with Crippen molar-refractivity contribution in [1.29, 1.82) is 0 Å². The number of hydrogen-bond acceptors (Lipinski definition) is 6. The molecule has 4 aromatic rings. The number of carbonyl (C=O) groups is 2. The first-order chi connectivity index (χ1) is 18.8. The molecule has 0 fully saturated rings. The van der Waals surface area contributed by atoms with Crippen molar-refractivity contribution in [1.82, 2.24) is 19.7 Å². The molecule has 0 saturated carbocycles. The van der Waals surface area contributed by atoms with Crippen molar-refractivity contribution in [2.24, 2.45) is 5.73 Å². The Kier molecular flexibility index (Phi) is 7.78. The van der Waals surface area contributed by atoms with Gasteiger partial charge in [0.1, 0.15) is 28.6 Å². The minimum atomic E-state index is -5.33. The van der Waals surface area contributed by atoms with Gasteiger partial charge in [-0.3, -0.25) is 9.59 Å². The molecule has 0 aliphatic heterocycles. The lowest BCUT2D eigenvalue weighted by molar-refractivity contribution is -0.265. The highest BCUT2D eigenvalue weighted by atomic mass is 19.4. The lowest BCUT2D eigenvalue weighted by Crippen LogP contribution is -2.51. The molecule has 0 saturated heterocycles. The molecule has 0 spiro atoms. The Hall–Kier alpha value is -4.52. The van der Waals surface area contributed by atoms with E-state index < -0.39 is 48.1 Å². The number of aryl methyl sites for hydroxylation is 1. The van der Waals surface area contributed by atoms with Crippen LogP contribution in [0.5, 0.6) is 5.75 Å². The Morgan fingerprint density at radius 2 is 1.82 bits per heavy atom. The summed E-state index contributed by atoms with van der Waals surface area (Å²) in [4.78, 5) is 32.7. The highest BCUT2D eigenvalue weighted by Crippen LogP contribution is 2.42. The monoisotopic (exact) mass is 559 g/mol. The second kappa shape index (κ2) is 10.9. The molecule has 0 radical (unpaired) electrons. The molecule has 3 heterocycles. The molecule has 1 aromatic carbocycles. The first-order valence-corrected chi connectivity index (χ1v) is 12.1. The Balaban J connectivity index is 1.79. The lowest BCUT2D eigenvalue weighted by Gasteiger charge is -2.31. The van der Waals surface area contributed by atoms with Gasteiger partial charge in [0.15, 0.2) is 0 Å². The number of imidazole rings is 1. The van der Waals surface area contributed by atoms with E-state index in [4.69, 9.17) is 10.5 Å². The zero-order chi connectivity index (χ0) is 29.2. The number of fused-ring (bicyclic) bond motifs is 1. The number of pyridine rings is 2. The van der Waals surface area contributed by atoms with Crippen LogP contribution in [0, 0.1) is 12.7 Å². The number of rotatable bonds is 9. The standard InChI is InChI=1S/C27H25F4N5O4/c1-3-40-24-17(12-21(32)37)11-20(35-23(24)16-4-6-18(28)7-5-16)26(39,27(29,30)31)14-33-25(38)19-13-36-9-8-15(2)10-22(36)34-19/h4-11,13,39H,3,12,14H2,1-2H3,(H2,32,37)(H,33,38)/t26-/m0/s1. The third kappa shape index (κ3) is 5.73. The van der Waals surface area contributed by atoms with Crippen LogP contribution in [0.3, 0.4) is 0 Å². The number of halogens is 4. The minimum absolute atomic E-state index is 0.0507. The quantitative estimate of drug-likeness (QED) is 0.269. The molecule has 0 bridgehead atoms. The fourth-order valence-corrected chi connectivity index (χ4v) is 4.05. The largest absolute Gasteiger partial charge is 0.491 e. The van der Waals surface area contributed by atoms with Crippen molar-refractivity contribution < 1.29 is 37.0 Å². The third-order valence-electron chi connectivity index (χ3n) is 6.07. The predicted molar refractivity (Wildman–Crippen MR) is 136 cm³/mol. The molecule has 0 unspecified atom stereocenters. The van der Waals surface area contributed by atoms with Crippen molar-refractivity contribution in [2.45, 2.75) is 32.0 Å². The number of carbonyl (C=O) groups excluding carboxylic acids is 2. The van der Waals surface area contributed by atoms with Crippen molar-refractivity contribution in [3.63, 3.8) is 0 Å². The fraction of sp³-hybridized carbons (Fsp3) is 0.259. The topological polar surface area (TPSA) is 132 Å². The van der Waals surface area contributed by atoms with Gasteiger partial charge >= 0.3 is 6.18 Å². The van der Waals surface area contributed by atoms with Gasteiger partial charge < -0.3 is 25.3 Å². The molecule has 210 valence electrons. The second-order valence-electron chi connectivity index (χ2n) is 9.06. The lowest BCUT2D eigenvalue weighted by atomic mass is 9.93. The molecule has 4 rings (SSSR count). The number of aliphatic hydroxyl groups is 1. The number of aromatic nitrogens is 3. The summed E-state index contributed by atoms with van der Waals surface area (Å²) in [7, 11) is 0. The molecule has 3 aromatic heterocycles. The van der Waals surface area contributed by atoms with Gasteiger partial charge in [-0.05, 0) is 61.9 Å². The summed E-state index contributed by atoms with van der Waals surface area (Å²) in [6.45, 7) is 2.15. The Morgan fingerprint density at radius 1 is 1.12 bits per heavy atom. The van der Waals surface area contributed by atoms with Gasteiger partial charge in [-0.1, -0.05) is 0 Å². The van der Waals surface area contributed by atoms with Gasteiger partial charge in [0.2, 0.25) is 11.5 Å². The van der Waals surface area contributed by atoms with Crippen molar-refractivity contribution in [3.05, 3.63) is 83.2 Å². The SMILES string of the molecule is CCOc1c(CC(N)=O)cc([C@@](O)(CNC(=O)c2cn3ccc(C)cc3n2)C(F)(F)F)nc1-c1ccc(F)cc1. The number of nitrogens with zero attached hydrogens (tertiary/aromatic N) is 3. The van der Waals surface area contributed by atoms with Gasteiger partial charge in [-0.25, -0.2) is 14.4 Å². The number of amides is 2. The summed E-state index contributed by atoms with van der Waals surface area (Å²) in [5.74, 6) is -2.50. The van der Waals surface area contributed by atoms with Gasteiger partial charge in [-0.15, -0.1) is 0 Å². The summed E-state index contributed by atoms with van der Waals surface area (Å²) < 4.78 is 64.1. The molecular formula is C27H25F4N5O4. The van der Waals surface area contributed by atoms with Crippen LogP contribution in [0.15, 0.2) is 54.9 Å². The van der Waals surface area contributed by atoms with Crippen LogP contribution in [0.1, 0.15) is 34.2 Å². The third-order valence-corrected chi connectivity index (χ3v) is 6.07. The van der Waals surface area contributed by atoms with Crippen molar-refractivity contribution >= 4 is 17.5 Å². The smallest absolute Gasteiger partial charge is 0.424 e. The van der Waals surface area contributed by atoms with E-state index in [0.29, 0.717) is 5.65 Å². The van der Waals surface area contributed by atoms with Crippen LogP contribution in [0.4, 0.5) is 17.6 Å². The van der Waals surface area contributed by atoms with Gasteiger partial charge in [0.05, 0.1) is 25.3 Å². The Morgan fingerprint density at radius 3 is 2.45 bits per heavy atom. The molecule has 4 N–H and O–H groups in total. The van der Waals surface area contributed by atoms with Crippen LogP contribution in [0.2, 0.25) is 0 Å². The molecule has 2 amide bonds. The van der Waals surface area contributed by atoms with Crippen LogP contribution < -0.4 is 15.8 Å². The zero-order valence-corrected chi connectivity index (χ0v) is 21.4. The average Bonchev–Trinajstić information content (AvgIpc) is 3.31. The summed E-state index contributed by atoms with van der Waals surface area (Å²) in [6, 6.07) is 8.97. The number of ether oxygens (including phenoxy) is 1. The number of benzene rings is 1. The van der Waals surface area contributed by atoms with Crippen LogP contribution in [0.25, 0.3) is 16.9 Å². The number of alkyl halides is 3. The molecule has 13 heteroatoms. The summed E-state index contributed by atoms with van der Waals surface area (Å²) in [5, 5.41) is 13.1. The first kappa shape index (κ1) is 28.5. The minimum Gasteiger partial charge on any atom is -0.491 e. The number of nitrogens with two attached hydrogens (primary N) is 1. The molecule has 1 atom stereocenters. The van der Waals surface area contributed by atoms with E-state index in [9.17, 15) is 32.3 Å². The van der Waals surface area contributed by atoms with Crippen LogP contribution >= 0.6 is 0 Å². The number of primary amides is 1. The second-order valence-corrected chi connectivity index (χ2v) is 9.06. The molecular weight excluding hydrogens is 534 g/mol. The fourth-order valence-electron chi connectivity index (χ4n) is 4.05. The van der Waals surface area contributed by atoms with Gasteiger partial charge in [0.25, 0.3) is 5.91 Å². The van der Waals surface area contributed by atoms with Gasteiger partial charge in [-0.2, -0.15) is 13.2 Å². The maximum Gasteiger partial charge on any atom is 0.424 e.